The van der Waals surface area contributed by atoms with E-state index in [0.717, 1.165) is 17.3 Å². The molecule has 2 rings (SSSR count). The first-order valence-electron chi connectivity index (χ1n) is 6.17. The Labute approximate surface area is 130 Å². The topological polar surface area (TPSA) is 88.2 Å². The van der Waals surface area contributed by atoms with Crippen LogP contribution in [0.3, 0.4) is 0 Å². The summed E-state index contributed by atoms with van der Waals surface area (Å²) in [5, 5.41) is 27.1. The Hall–Kier alpha value is -1.57. The van der Waals surface area contributed by atoms with E-state index in [0.29, 0.717) is 16.0 Å². The molecule has 0 bridgehead atoms. The van der Waals surface area contributed by atoms with E-state index in [4.69, 9.17) is 16.7 Å². The first kappa shape index (κ1) is 15.8. The number of nitrogens with zero attached hydrogens (tertiary/aromatic N) is 3. The molecular formula is C13H14ClN3O3S. The number of aliphatic hydroxyl groups excluding tert-OH is 1. The van der Waals surface area contributed by atoms with Crippen LogP contribution in [-0.2, 0) is 11.4 Å². The summed E-state index contributed by atoms with van der Waals surface area (Å²) < 4.78 is 1.72. The molecule has 0 aliphatic rings. The molecule has 0 spiro atoms. The van der Waals surface area contributed by atoms with E-state index in [1.807, 2.05) is 25.1 Å². The van der Waals surface area contributed by atoms with Crippen molar-refractivity contribution in [2.75, 3.05) is 5.75 Å². The van der Waals surface area contributed by atoms with Crippen molar-refractivity contribution in [2.45, 2.75) is 24.7 Å². The second kappa shape index (κ2) is 6.93. The van der Waals surface area contributed by atoms with E-state index in [-0.39, 0.29) is 18.4 Å². The van der Waals surface area contributed by atoms with Gasteiger partial charge in [0.1, 0.15) is 6.61 Å². The Balaban J connectivity index is 2.36. The number of hydrogen-bond donors (Lipinski definition) is 2. The van der Waals surface area contributed by atoms with Crippen molar-refractivity contribution in [3.63, 3.8) is 0 Å². The molecule has 21 heavy (non-hydrogen) atoms. The normalized spacial score (nSPS) is 12.3. The Kier molecular flexibility index (Phi) is 5.22. The number of aliphatic carboxylic acids is 1. The fourth-order valence-electron chi connectivity index (χ4n) is 1.94. The lowest BCUT2D eigenvalue weighted by atomic mass is 10.1. The first-order chi connectivity index (χ1) is 10.0. The van der Waals surface area contributed by atoms with Crippen molar-refractivity contribution in [1.29, 1.82) is 0 Å². The molecule has 1 atom stereocenters. The molecule has 1 aromatic heterocycles. The molecule has 8 heteroatoms. The number of rotatable bonds is 6. The molecule has 0 aliphatic heterocycles. The lowest BCUT2D eigenvalue weighted by molar-refractivity contribution is -0.133. The van der Waals surface area contributed by atoms with Crippen LogP contribution in [0.1, 0.15) is 24.4 Å². The number of benzene rings is 1. The fourth-order valence-corrected chi connectivity index (χ4v) is 2.90. The molecule has 1 heterocycles. The van der Waals surface area contributed by atoms with Gasteiger partial charge in [-0.2, -0.15) is 0 Å². The minimum atomic E-state index is -0.935. The quantitative estimate of drug-likeness (QED) is 0.791. The third-order valence-electron chi connectivity index (χ3n) is 2.92. The van der Waals surface area contributed by atoms with Crippen molar-refractivity contribution in [2.24, 2.45) is 0 Å². The van der Waals surface area contributed by atoms with Crippen LogP contribution >= 0.6 is 23.4 Å². The summed E-state index contributed by atoms with van der Waals surface area (Å²) in [7, 11) is 0. The van der Waals surface area contributed by atoms with Crippen LogP contribution in [0, 0.1) is 0 Å². The van der Waals surface area contributed by atoms with Crippen LogP contribution in [0.25, 0.3) is 0 Å². The average molecular weight is 328 g/mol. The molecule has 1 unspecified atom stereocenters. The molecule has 112 valence electrons. The van der Waals surface area contributed by atoms with Gasteiger partial charge in [0.05, 0.1) is 11.8 Å². The maximum atomic E-state index is 10.7. The summed E-state index contributed by atoms with van der Waals surface area (Å²) in [6.07, 6.45) is 0. The van der Waals surface area contributed by atoms with Crippen LogP contribution < -0.4 is 0 Å². The number of carboxylic acid groups (broad SMARTS) is 1. The third kappa shape index (κ3) is 3.75. The molecule has 0 saturated carbocycles. The van der Waals surface area contributed by atoms with Crippen LogP contribution in [-0.4, -0.2) is 36.7 Å². The maximum Gasteiger partial charge on any atom is 0.313 e. The smallest absolute Gasteiger partial charge is 0.313 e. The zero-order valence-electron chi connectivity index (χ0n) is 11.2. The number of thioether (sulfide) groups is 1. The van der Waals surface area contributed by atoms with Gasteiger partial charge in [-0.25, -0.2) is 0 Å². The van der Waals surface area contributed by atoms with Crippen LogP contribution in [0.5, 0.6) is 0 Å². The average Bonchev–Trinajstić information content (AvgIpc) is 2.87. The Morgan fingerprint density at radius 3 is 2.86 bits per heavy atom. The van der Waals surface area contributed by atoms with Crippen molar-refractivity contribution >= 4 is 29.3 Å². The SMILES string of the molecule is CC(c1cccc(Cl)c1)n1c(CO)nnc1SCC(=O)O. The molecule has 2 aromatic rings. The minimum Gasteiger partial charge on any atom is -0.481 e. The van der Waals surface area contributed by atoms with E-state index in [2.05, 4.69) is 10.2 Å². The van der Waals surface area contributed by atoms with Crippen LogP contribution in [0.4, 0.5) is 0 Å². The molecule has 1 aromatic carbocycles. The predicted molar refractivity (Wildman–Crippen MR) is 79.6 cm³/mol. The monoisotopic (exact) mass is 327 g/mol. The third-order valence-corrected chi connectivity index (χ3v) is 4.08. The van der Waals surface area contributed by atoms with Crippen molar-refractivity contribution in [3.05, 3.63) is 40.7 Å². The Morgan fingerprint density at radius 1 is 1.48 bits per heavy atom. The van der Waals surface area contributed by atoms with E-state index in [9.17, 15) is 9.90 Å². The van der Waals surface area contributed by atoms with Gasteiger partial charge in [0.2, 0.25) is 0 Å². The van der Waals surface area contributed by atoms with Crippen molar-refractivity contribution in [3.8, 4) is 0 Å². The number of aliphatic hydroxyl groups is 1. The van der Waals surface area contributed by atoms with E-state index in [1.165, 1.54) is 0 Å². The molecule has 6 nitrogen and oxygen atoms in total. The van der Waals surface area contributed by atoms with Gasteiger partial charge in [0.25, 0.3) is 0 Å². The van der Waals surface area contributed by atoms with Gasteiger partial charge >= 0.3 is 5.97 Å². The van der Waals surface area contributed by atoms with Crippen molar-refractivity contribution in [1.82, 2.24) is 14.8 Å². The minimum absolute atomic E-state index is 0.119. The summed E-state index contributed by atoms with van der Waals surface area (Å²) >= 11 is 7.06. The van der Waals surface area contributed by atoms with Gasteiger partial charge in [0, 0.05) is 5.02 Å². The summed E-state index contributed by atoms with van der Waals surface area (Å²) in [4.78, 5) is 10.7. The number of carboxylic acids is 1. The van der Waals surface area contributed by atoms with Crippen LogP contribution in [0.15, 0.2) is 29.4 Å². The second-order valence-corrected chi connectivity index (χ2v) is 5.72. The summed E-state index contributed by atoms with van der Waals surface area (Å²) in [5.74, 6) is -0.669. The van der Waals surface area contributed by atoms with Gasteiger partial charge in [-0.15, -0.1) is 10.2 Å². The van der Waals surface area contributed by atoms with Crippen molar-refractivity contribution < 1.29 is 15.0 Å². The highest BCUT2D eigenvalue weighted by Gasteiger charge is 2.19. The van der Waals surface area contributed by atoms with Gasteiger partial charge in [-0.3, -0.25) is 9.36 Å². The lowest BCUT2D eigenvalue weighted by Gasteiger charge is -2.17. The molecule has 0 aliphatic carbocycles. The maximum absolute atomic E-state index is 10.7. The largest absolute Gasteiger partial charge is 0.481 e. The van der Waals surface area contributed by atoms with Crippen LogP contribution in [0.2, 0.25) is 5.02 Å². The molecule has 0 radical (unpaired) electrons. The summed E-state index contributed by atoms with van der Waals surface area (Å²) in [5.41, 5.74) is 0.925. The lowest BCUT2D eigenvalue weighted by Crippen LogP contribution is -2.13. The number of hydrogen-bond acceptors (Lipinski definition) is 5. The zero-order valence-corrected chi connectivity index (χ0v) is 12.8. The van der Waals surface area contributed by atoms with E-state index < -0.39 is 5.97 Å². The molecule has 0 fully saturated rings. The highest BCUT2D eigenvalue weighted by molar-refractivity contribution is 7.99. The number of aromatic nitrogens is 3. The van der Waals surface area contributed by atoms with E-state index >= 15 is 0 Å². The highest BCUT2D eigenvalue weighted by atomic mass is 35.5. The van der Waals surface area contributed by atoms with Gasteiger partial charge < -0.3 is 10.2 Å². The Morgan fingerprint density at radius 2 is 2.24 bits per heavy atom. The molecule has 0 saturated heterocycles. The van der Waals surface area contributed by atoms with Gasteiger partial charge in [-0.05, 0) is 24.6 Å². The zero-order chi connectivity index (χ0) is 15.4. The van der Waals surface area contributed by atoms with Gasteiger partial charge in [0.15, 0.2) is 11.0 Å². The number of halogens is 1. The van der Waals surface area contributed by atoms with Gasteiger partial charge in [-0.1, -0.05) is 35.5 Å². The van der Waals surface area contributed by atoms with E-state index in [1.54, 1.807) is 10.6 Å². The summed E-state index contributed by atoms with van der Waals surface area (Å²) in [6, 6.07) is 7.16. The fraction of sp³-hybridized carbons (Fsp3) is 0.308. The highest BCUT2D eigenvalue weighted by Crippen LogP contribution is 2.27. The Bertz CT molecular complexity index is 647. The molecule has 0 amide bonds. The number of carbonyl (C=O) groups is 1. The predicted octanol–water partition coefficient (Wildman–Crippen LogP) is 2.21. The molecule has 2 N–H and O–H groups in total. The first-order valence-corrected chi connectivity index (χ1v) is 7.54. The second-order valence-electron chi connectivity index (χ2n) is 4.34. The standard InChI is InChI=1S/C13H14ClN3O3S/c1-8(9-3-2-4-10(14)5-9)17-11(6-18)15-16-13(17)21-7-12(19)20/h2-5,8,18H,6-7H2,1H3,(H,19,20). The molecular weight excluding hydrogens is 314 g/mol. The summed E-state index contributed by atoms with van der Waals surface area (Å²) in [6.45, 7) is 1.64.